The lowest BCUT2D eigenvalue weighted by atomic mass is 10.1. The van der Waals surface area contributed by atoms with Gasteiger partial charge >= 0.3 is 0 Å². The number of hydrogen-bond donors (Lipinski definition) is 2. The summed E-state index contributed by atoms with van der Waals surface area (Å²) in [5.74, 6) is -0.789. The Morgan fingerprint density at radius 2 is 1.81 bits per heavy atom. The van der Waals surface area contributed by atoms with Crippen LogP contribution in [0.1, 0.15) is 26.3 Å². The van der Waals surface area contributed by atoms with Crippen LogP contribution in [0.4, 0.5) is 5.69 Å². The largest absolute Gasteiger partial charge is 0.380 e. The van der Waals surface area contributed by atoms with E-state index >= 15 is 0 Å². The summed E-state index contributed by atoms with van der Waals surface area (Å²) in [4.78, 5) is 23.3. The van der Waals surface area contributed by atoms with Crippen molar-refractivity contribution in [3.05, 3.63) is 65.2 Å². The van der Waals surface area contributed by atoms with Gasteiger partial charge in [0.15, 0.2) is 0 Å². The summed E-state index contributed by atoms with van der Waals surface area (Å²) in [5.41, 5.74) is 7.52. The number of carbonyl (C=O) groups excluding carboxylic acids is 2. The minimum absolute atomic E-state index is 0.255. The van der Waals surface area contributed by atoms with E-state index in [0.717, 1.165) is 5.56 Å². The maximum atomic E-state index is 12.2. The normalized spacial score (nSPS) is 10.1. The molecule has 5 nitrogen and oxygen atoms in total. The number of amides is 2. The second-order valence-electron chi connectivity index (χ2n) is 4.53. The Morgan fingerprint density at radius 1 is 1.10 bits per heavy atom. The van der Waals surface area contributed by atoms with E-state index < -0.39 is 5.91 Å². The van der Waals surface area contributed by atoms with Crippen molar-refractivity contribution in [1.82, 2.24) is 0 Å². The summed E-state index contributed by atoms with van der Waals surface area (Å²) in [6, 6.07) is 13.6. The molecule has 108 valence electrons. The van der Waals surface area contributed by atoms with Gasteiger partial charge in [0.1, 0.15) is 0 Å². The molecule has 3 N–H and O–H groups in total. The second kappa shape index (κ2) is 6.67. The van der Waals surface area contributed by atoms with Crippen molar-refractivity contribution in [2.75, 3.05) is 12.4 Å². The van der Waals surface area contributed by atoms with Crippen LogP contribution < -0.4 is 11.1 Å². The van der Waals surface area contributed by atoms with Crippen LogP contribution in [-0.4, -0.2) is 18.9 Å². The molecule has 0 saturated carbocycles. The Kier molecular flexibility index (Phi) is 4.68. The monoisotopic (exact) mass is 284 g/mol. The van der Waals surface area contributed by atoms with Gasteiger partial charge in [-0.2, -0.15) is 0 Å². The molecule has 0 heterocycles. The third-order valence-corrected chi connectivity index (χ3v) is 2.91. The SMILES string of the molecule is COCc1cccc(C(=O)Nc2cccc(C(N)=O)c2)c1. The first-order valence-electron chi connectivity index (χ1n) is 6.39. The van der Waals surface area contributed by atoms with Gasteiger partial charge < -0.3 is 15.8 Å². The fourth-order valence-corrected chi connectivity index (χ4v) is 1.92. The molecule has 0 fully saturated rings. The van der Waals surface area contributed by atoms with E-state index in [1.54, 1.807) is 49.6 Å². The van der Waals surface area contributed by atoms with Gasteiger partial charge in [-0.1, -0.05) is 18.2 Å². The molecule has 2 aromatic rings. The molecule has 0 saturated heterocycles. The highest BCUT2D eigenvalue weighted by Gasteiger charge is 2.08. The van der Waals surface area contributed by atoms with Gasteiger partial charge in [-0.3, -0.25) is 9.59 Å². The lowest BCUT2D eigenvalue weighted by Gasteiger charge is -2.07. The Labute approximate surface area is 122 Å². The number of ether oxygens (including phenoxy) is 1. The average molecular weight is 284 g/mol. The van der Waals surface area contributed by atoms with E-state index in [1.807, 2.05) is 6.07 Å². The molecule has 0 spiro atoms. The molecular weight excluding hydrogens is 268 g/mol. The standard InChI is InChI=1S/C16H16N2O3/c1-21-10-11-4-2-6-13(8-11)16(20)18-14-7-3-5-12(9-14)15(17)19/h2-9H,10H2,1H3,(H2,17,19)(H,18,20). The molecule has 0 bridgehead atoms. The van der Waals surface area contributed by atoms with Gasteiger partial charge in [0.2, 0.25) is 5.91 Å². The summed E-state index contributed by atoms with van der Waals surface area (Å²) in [6.07, 6.45) is 0. The maximum Gasteiger partial charge on any atom is 0.255 e. The van der Waals surface area contributed by atoms with E-state index in [1.165, 1.54) is 0 Å². The molecule has 0 radical (unpaired) electrons. The maximum absolute atomic E-state index is 12.2. The lowest BCUT2D eigenvalue weighted by Crippen LogP contribution is -2.14. The van der Waals surface area contributed by atoms with Gasteiger partial charge in [-0.25, -0.2) is 0 Å². The summed E-state index contributed by atoms with van der Waals surface area (Å²) >= 11 is 0. The molecule has 0 aliphatic carbocycles. The van der Waals surface area contributed by atoms with E-state index in [-0.39, 0.29) is 5.91 Å². The van der Waals surface area contributed by atoms with Crippen molar-refractivity contribution in [1.29, 1.82) is 0 Å². The predicted molar refractivity (Wildman–Crippen MR) is 80.1 cm³/mol. The highest BCUT2D eigenvalue weighted by atomic mass is 16.5. The Balaban J connectivity index is 2.16. The van der Waals surface area contributed by atoms with E-state index in [9.17, 15) is 9.59 Å². The number of hydrogen-bond acceptors (Lipinski definition) is 3. The van der Waals surface area contributed by atoms with Crippen LogP contribution in [-0.2, 0) is 11.3 Å². The Bertz CT molecular complexity index is 668. The zero-order chi connectivity index (χ0) is 15.2. The van der Waals surface area contributed by atoms with Gasteiger partial charge in [0.05, 0.1) is 6.61 Å². The van der Waals surface area contributed by atoms with Crippen molar-refractivity contribution >= 4 is 17.5 Å². The number of primary amides is 1. The van der Waals surface area contributed by atoms with Crippen LogP contribution in [0.25, 0.3) is 0 Å². The summed E-state index contributed by atoms with van der Waals surface area (Å²) in [6.45, 7) is 0.443. The molecule has 0 unspecified atom stereocenters. The predicted octanol–water partition coefficient (Wildman–Crippen LogP) is 2.18. The quantitative estimate of drug-likeness (QED) is 0.883. The Morgan fingerprint density at radius 3 is 2.52 bits per heavy atom. The van der Waals surface area contributed by atoms with Gasteiger partial charge in [0.25, 0.3) is 5.91 Å². The van der Waals surface area contributed by atoms with Crippen molar-refractivity contribution in [2.45, 2.75) is 6.61 Å². The molecule has 0 aliphatic heterocycles. The molecule has 2 amide bonds. The highest BCUT2D eigenvalue weighted by molar-refractivity contribution is 6.05. The van der Waals surface area contributed by atoms with Crippen molar-refractivity contribution in [3.8, 4) is 0 Å². The molecular formula is C16H16N2O3. The number of carbonyl (C=O) groups is 2. The molecule has 5 heteroatoms. The van der Waals surface area contributed by atoms with E-state index in [4.69, 9.17) is 10.5 Å². The summed E-state index contributed by atoms with van der Waals surface area (Å²) in [7, 11) is 1.60. The average Bonchev–Trinajstić information content (AvgIpc) is 2.48. The smallest absolute Gasteiger partial charge is 0.255 e. The number of rotatable bonds is 5. The van der Waals surface area contributed by atoms with Crippen LogP contribution in [0.15, 0.2) is 48.5 Å². The first-order chi connectivity index (χ1) is 10.1. The number of methoxy groups -OCH3 is 1. The van der Waals surface area contributed by atoms with Crippen LogP contribution in [0, 0.1) is 0 Å². The molecule has 2 aromatic carbocycles. The third kappa shape index (κ3) is 3.90. The molecule has 0 aliphatic rings. The summed E-state index contributed by atoms with van der Waals surface area (Å²) in [5, 5.41) is 2.74. The van der Waals surface area contributed by atoms with E-state index in [0.29, 0.717) is 23.4 Å². The van der Waals surface area contributed by atoms with Crippen molar-refractivity contribution in [3.63, 3.8) is 0 Å². The van der Waals surface area contributed by atoms with Crippen LogP contribution in [0.3, 0.4) is 0 Å². The number of anilines is 1. The molecule has 2 rings (SSSR count). The van der Waals surface area contributed by atoms with Gasteiger partial charge in [-0.15, -0.1) is 0 Å². The minimum atomic E-state index is -0.534. The van der Waals surface area contributed by atoms with Crippen LogP contribution in [0.5, 0.6) is 0 Å². The van der Waals surface area contributed by atoms with E-state index in [2.05, 4.69) is 5.32 Å². The van der Waals surface area contributed by atoms with Gasteiger partial charge in [0, 0.05) is 23.9 Å². The molecule has 0 atom stereocenters. The fraction of sp³-hybridized carbons (Fsp3) is 0.125. The van der Waals surface area contributed by atoms with Crippen LogP contribution >= 0.6 is 0 Å². The minimum Gasteiger partial charge on any atom is -0.380 e. The first kappa shape index (κ1) is 14.7. The van der Waals surface area contributed by atoms with Gasteiger partial charge in [-0.05, 0) is 35.9 Å². The number of nitrogens with two attached hydrogens (primary N) is 1. The number of nitrogens with one attached hydrogen (secondary N) is 1. The molecule has 21 heavy (non-hydrogen) atoms. The number of benzene rings is 2. The topological polar surface area (TPSA) is 81.4 Å². The fourth-order valence-electron chi connectivity index (χ4n) is 1.92. The van der Waals surface area contributed by atoms with Crippen LogP contribution in [0.2, 0.25) is 0 Å². The lowest BCUT2D eigenvalue weighted by molar-refractivity contribution is 0.0996. The zero-order valence-electron chi connectivity index (χ0n) is 11.6. The van der Waals surface area contributed by atoms with Crippen molar-refractivity contribution < 1.29 is 14.3 Å². The second-order valence-corrected chi connectivity index (χ2v) is 4.53. The highest BCUT2D eigenvalue weighted by Crippen LogP contribution is 2.13. The summed E-state index contributed by atoms with van der Waals surface area (Å²) < 4.78 is 5.04. The third-order valence-electron chi connectivity index (χ3n) is 2.91. The zero-order valence-corrected chi connectivity index (χ0v) is 11.6. The Hall–Kier alpha value is -2.66. The van der Waals surface area contributed by atoms with Crippen molar-refractivity contribution in [2.24, 2.45) is 5.73 Å². The first-order valence-corrected chi connectivity index (χ1v) is 6.39. The molecule has 0 aromatic heterocycles.